The Labute approximate surface area is 177 Å². The number of nitro groups is 1. The molecule has 0 saturated heterocycles. The maximum atomic E-state index is 12.9. The Balaban J connectivity index is 2.14. The van der Waals surface area contributed by atoms with Crippen molar-refractivity contribution in [3.8, 4) is 11.9 Å². The van der Waals surface area contributed by atoms with Gasteiger partial charge in [0, 0.05) is 12.3 Å². The fourth-order valence-electron chi connectivity index (χ4n) is 2.92. The van der Waals surface area contributed by atoms with Crippen molar-refractivity contribution in [1.82, 2.24) is 4.57 Å². The van der Waals surface area contributed by atoms with Crippen LogP contribution >= 0.6 is 0 Å². The largest absolute Gasteiger partial charge is 0.494 e. The lowest BCUT2D eigenvalue weighted by molar-refractivity contribution is -0.384. The summed E-state index contributed by atoms with van der Waals surface area (Å²) in [4.78, 5) is 26.6. The minimum atomic E-state index is -4.79. The molecular weight excluding hydrogens is 433 g/mol. The highest BCUT2D eigenvalue weighted by Crippen LogP contribution is 2.36. The van der Waals surface area contributed by atoms with Gasteiger partial charge in [-0.1, -0.05) is 0 Å². The third-order valence-electron chi connectivity index (χ3n) is 4.57. The van der Waals surface area contributed by atoms with Gasteiger partial charge in [-0.05, 0) is 36.8 Å². The van der Waals surface area contributed by atoms with E-state index < -0.39 is 39.5 Å². The Kier molecular flexibility index (Phi) is 5.84. The molecule has 9 nitrogen and oxygen atoms in total. The topological polar surface area (TPSA) is 135 Å². The molecule has 1 aromatic carbocycles. The molecule has 1 N–H and O–H groups in total. The van der Waals surface area contributed by atoms with E-state index >= 15 is 0 Å². The van der Waals surface area contributed by atoms with Crippen LogP contribution in [0, 0.1) is 28.4 Å². The number of benzene rings is 1. The lowest BCUT2D eigenvalue weighted by Gasteiger charge is -2.13. The smallest absolute Gasteiger partial charge is 0.416 e. The van der Waals surface area contributed by atoms with Crippen LogP contribution < -0.4 is 5.56 Å². The number of aromatic nitrogens is 1. The molecule has 2 heterocycles. The SMILES string of the molecule is Cc1c(C=Nc2ccc(C(F)(F)F)cc2[N+](=O)[O-])c(O)n(Cc2ccco2)c(=O)c1C#N. The molecule has 0 saturated carbocycles. The maximum absolute atomic E-state index is 12.9. The van der Waals surface area contributed by atoms with Crippen molar-refractivity contribution >= 4 is 17.6 Å². The summed E-state index contributed by atoms with van der Waals surface area (Å²) >= 11 is 0. The fourth-order valence-corrected chi connectivity index (χ4v) is 2.92. The first-order valence-electron chi connectivity index (χ1n) is 8.83. The summed E-state index contributed by atoms with van der Waals surface area (Å²) < 4.78 is 44.6. The molecule has 164 valence electrons. The molecule has 12 heteroatoms. The molecule has 0 aliphatic carbocycles. The first-order valence-corrected chi connectivity index (χ1v) is 8.83. The van der Waals surface area contributed by atoms with E-state index in [1.807, 2.05) is 0 Å². The van der Waals surface area contributed by atoms with Crippen molar-refractivity contribution in [2.75, 3.05) is 0 Å². The first kappa shape index (κ1) is 22.3. The van der Waals surface area contributed by atoms with Gasteiger partial charge in [0.05, 0.1) is 28.9 Å². The third-order valence-corrected chi connectivity index (χ3v) is 4.57. The average Bonchev–Trinajstić information content (AvgIpc) is 3.24. The second kappa shape index (κ2) is 8.38. The first-order chi connectivity index (χ1) is 15.0. The van der Waals surface area contributed by atoms with Gasteiger partial charge in [0.15, 0.2) is 0 Å². The molecule has 32 heavy (non-hydrogen) atoms. The molecule has 0 bridgehead atoms. The number of hydrogen-bond acceptors (Lipinski definition) is 7. The number of nitrogens with zero attached hydrogens (tertiary/aromatic N) is 4. The number of rotatable bonds is 5. The minimum Gasteiger partial charge on any atom is -0.494 e. The summed E-state index contributed by atoms with van der Waals surface area (Å²) in [5, 5.41) is 31.2. The van der Waals surface area contributed by atoms with E-state index in [1.54, 1.807) is 12.1 Å². The van der Waals surface area contributed by atoms with Crippen LogP contribution in [0.2, 0.25) is 0 Å². The van der Waals surface area contributed by atoms with E-state index in [-0.39, 0.29) is 23.2 Å². The number of halogens is 3. The van der Waals surface area contributed by atoms with Crippen LogP contribution in [0.3, 0.4) is 0 Å². The van der Waals surface area contributed by atoms with Gasteiger partial charge in [0.1, 0.15) is 23.1 Å². The Morgan fingerprint density at radius 2 is 2.09 bits per heavy atom. The lowest BCUT2D eigenvalue weighted by atomic mass is 10.1. The Bertz CT molecular complexity index is 1320. The van der Waals surface area contributed by atoms with Crippen LogP contribution in [-0.2, 0) is 12.7 Å². The summed E-state index contributed by atoms with van der Waals surface area (Å²) in [6, 6.07) is 6.62. The van der Waals surface area contributed by atoms with Crippen LogP contribution in [0.4, 0.5) is 24.5 Å². The normalized spacial score (nSPS) is 11.6. The summed E-state index contributed by atoms with van der Waals surface area (Å²) in [5.74, 6) is -0.294. The van der Waals surface area contributed by atoms with Crippen molar-refractivity contribution in [3.63, 3.8) is 0 Å². The van der Waals surface area contributed by atoms with E-state index in [4.69, 9.17) is 4.42 Å². The molecule has 0 atom stereocenters. The van der Waals surface area contributed by atoms with Crippen LogP contribution in [0.25, 0.3) is 0 Å². The second-order valence-electron chi connectivity index (χ2n) is 6.54. The van der Waals surface area contributed by atoms with Crippen LogP contribution in [0.5, 0.6) is 5.88 Å². The van der Waals surface area contributed by atoms with Crippen molar-refractivity contribution < 1.29 is 27.6 Å². The zero-order chi connectivity index (χ0) is 23.6. The zero-order valence-corrected chi connectivity index (χ0v) is 16.3. The molecule has 0 amide bonds. The van der Waals surface area contributed by atoms with Gasteiger partial charge in [-0.25, -0.2) is 4.99 Å². The number of aliphatic imine (C=N–C) groups is 1. The van der Waals surface area contributed by atoms with Gasteiger partial charge in [-0.15, -0.1) is 0 Å². The van der Waals surface area contributed by atoms with E-state index in [1.165, 1.54) is 19.3 Å². The van der Waals surface area contributed by atoms with Gasteiger partial charge in [-0.3, -0.25) is 19.5 Å². The Hall–Kier alpha value is -4.40. The summed E-state index contributed by atoms with van der Waals surface area (Å²) in [6.07, 6.45) is -2.49. The number of aromatic hydroxyl groups is 1. The third kappa shape index (κ3) is 4.22. The quantitative estimate of drug-likeness (QED) is 0.357. The molecule has 0 fully saturated rings. The van der Waals surface area contributed by atoms with E-state index in [0.29, 0.717) is 17.9 Å². The molecule has 0 aliphatic heterocycles. The molecule has 2 aromatic heterocycles. The van der Waals surface area contributed by atoms with Gasteiger partial charge in [0.25, 0.3) is 11.2 Å². The van der Waals surface area contributed by atoms with E-state index in [9.17, 15) is 38.4 Å². The predicted molar refractivity (Wildman–Crippen MR) is 105 cm³/mol. The number of pyridine rings is 1. The van der Waals surface area contributed by atoms with Crippen LogP contribution in [0.15, 0.2) is 50.8 Å². The van der Waals surface area contributed by atoms with E-state index in [0.717, 1.165) is 16.8 Å². The van der Waals surface area contributed by atoms with Gasteiger partial charge in [0.2, 0.25) is 5.88 Å². The molecule has 0 spiro atoms. The fraction of sp³-hybridized carbons (Fsp3) is 0.150. The molecular formula is C20H13F3N4O5. The number of hydrogen-bond donors (Lipinski definition) is 1. The number of nitro benzene ring substituents is 1. The molecule has 3 aromatic rings. The van der Waals surface area contributed by atoms with Crippen molar-refractivity contribution in [2.45, 2.75) is 19.6 Å². The number of nitriles is 1. The monoisotopic (exact) mass is 446 g/mol. The maximum Gasteiger partial charge on any atom is 0.416 e. The zero-order valence-electron chi connectivity index (χ0n) is 16.3. The van der Waals surface area contributed by atoms with Crippen LogP contribution in [-0.4, -0.2) is 20.8 Å². The van der Waals surface area contributed by atoms with Crippen molar-refractivity contribution in [3.05, 3.63) is 85.1 Å². The van der Waals surface area contributed by atoms with Gasteiger partial charge < -0.3 is 9.52 Å². The van der Waals surface area contributed by atoms with Crippen molar-refractivity contribution in [2.24, 2.45) is 4.99 Å². The second-order valence-corrected chi connectivity index (χ2v) is 6.54. The minimum absolute atomic E-state index is 0.0454. The predicted octanol–water partition coefficient (Wildman–Crippen LogP) is 4.05. The standard InChI is InChI=1S/C20H13F3N4O5/c1-11-14(8-24)18(28)26(10-13-3-2-6-32-13)19(29)15(11)9-25-16-5-4-12(20(21,22)23)7-17(16)27(30)31/h2-7,9,29H,10H2,1H3. The Morgan fingerprint density at radius 3 is 2.66 bits per heavy atom. The summed E-state index contributed by atoms with van der Waals surface area (Å²) in [6.45, 7) is 1.15. The summed E-state index contributed by atoms with van der Waals surface area (Å²) in [5.41, 5.74) is -3.71. The highest BCUT2D eigenvalue weighted by atomic mass is 19.4. The Morgan fingerprint density at radius 1 is 1.38 bits per heavy atom. The molecule has 0 unspecified atom stereocenters. The number of furan rings is 1. The van der Waals surface area contributed by atoms with Crippen molar-refractivity contribution in [1.29, 1.82) is 5.26 Å². The molecule has 0 aliphatic rings. The van der Waals surface area contributed by atoms with Crippen LogP contribution in [0.1, 0.15) is 28.0 Å². The average molecular weight is 446 g/mol. The lowest BCUT2D eigenvalue weighted by Crippen LogP contribution is -2.25. The van der Waals surface area contributed by atoms with Gasteiger partial charge >= 0.3 is 6.18 Å². The number of alkyl halides is 3. The van der Waals surface area contributed by atoms with Gasteiger partial charge in [-0.2, -0.15) is 18.4 Å². The molecule has 0 radical (unpaired) electrons. The highest BCUT2D eigenvalue weighted by molar-refractivity contribution is 5.88. The summed E-state index contributed by atoms with van der Waals surface area (Å²) in [7, 11) is 0. The highest BCUT2D eigenvalue weighted by Gasteiger charge is 2.33. The van der Waals surface area contributed by atoms with E-state index in [2.05, 4.69) is 4.99 Å². The molecule has 3 rings (SSSR count).